The zero-order valence-corrected chi connectivity index (χ0v) is 47.6. The van der Waals surface area contributed by atoms with Gasteiger partial charge in [0.25, 0.3) is 0 Å². The topological polar surface area (TPSA) is 60.4 Å². The molecule has 0 unspecified atom stereocenters. The molecular formula is C58H58O4S8. The third-order valence-corrected chi connectivity index (χ3v) is 23.3. The molecule has 362 valence electrons. The number of rotatable bonds is 19. The predicted molar refractivity (Wildman–Crippen MR) is 309 cm³/mol. The van der Waals surface area contributed by atoms with Gasteiger partial charge in [0.15, 0.2) is 11.6 Å². The fraction of sp³-hybridized carbons (Fsp3) is 0.362. The number of unbranched alkanes of at least 4 members (excludes halogenated alkanes) is 9. The van der Waals surface area contributed by atoms with Crippen LogP contribution in [0, 0.1) is 20.8 Å². The molecule has 0 fully saturated rings. The van der Waals surface area contributed by atoms with Gasteiger partial charge < -0.3 is 4.74 Å². The lowest BCUT2D eigenvalue weighted by Crippen LogP contribution is -2.20. The van der Waals surface area contributed by atoms with E-state index < -0.39 is 0 Å². The minimum Gasteiger partial charge on any atom is -0.462 e. The van der Waals surface area contributed by atoms with Crippen LogP contribution in [0.3, 0.4) is 0 Å². The van der Waals surface area contributed by atoms with Crippen LogP contribution >= 0.6 is 90.7 Å². The standard InChI is InChI=1S/C58H58O4S8/c1-9-10-11-12-13-14-15-16-17-18-27-62-58(61)43-26-23-40(67-43)49-35-28-44(31(4)5)68-54(35)48(39-20-19-32(6)63-39)36-29-45(69-55(36)49)38-22-25-42(66-38)57-51-50(56(70-57)41-24-21-37(65-41)30(2)3)52(59)46-33(7)64-34(8)47(46)53(51)60/h19-26,28-31H,9-18,27H2,1-8H3. The van der Waals surface area contributed by atoms with E-state index in [1.807, 2.05) is 42.6 Å². The Morgan fingerprint density at radius 3 is 1.63 bits per heavy atom. The highest BCUT2D eigenvalue weighted by Gasteiger charge is 2.40. The van der Waals surface area contributed by atoms with Crippen LogP contribution in [-0.4, -0.2) is 24.1 Å². The van der Waals surface area contributed by atoms with Crippen LogP contribution in [0.2, 0.25) is 0 Å². The third kappa shape index (κ3) is 9.38. The van der Waals surface area contributed by atoms with E-state index in [-0.39, 0.29) is 17.5 Å². The summed E-state index contributed by atoms with van der Waals surface area (Å²) in [5.74, 6) is 0.411. The fourth-order valence-electron chi connectivity index (χ4n) is 9.73. The summed E-state index contributed by atoms with van der Waals surface area (Å²) < 4.78 is 8.36. The highest BCUT2D eigenvalue weighted by molar-refractivity contribution is 7.31. The Labute approximate surface area is 444 Å². The molecule has 0 atom stereocenters. The van der Waals surface area contributed by atoms with E-state index in [9.17, 15) is 14.4 Å². The normalized spacial score (nSPS) is 12.7. The van der Waals surface area contributed by atoms with E-state index in [1.165, 1.54) is 114 Å². The second-order valence-corrected chi connectivity index (χ2v) is 28.4. The summed E-state index contributed by atoms with van der Waals surface area (Å²) in [5, 5.41) is 2.43. The zero-order chi connectivity index (χ0) is 49.0. The zero-order valence-electron chi connectivity index (χ0n) is 41.1. The van der Waals surface area contributed by atoms with E-state index >= 15 is 0 Å². The summed E-state index contributed by atoms with van der Waals surface area (Å²) in [5.41, 5.74) is 4.71. The number of hydrogen-bond acceptors (Lipinski definition) is 12. The van der Waals surface area contributed by atoms with Crippen LogP contribution in [0.4, 0.5) is 0 Å². The van der Waals surface area contributed by atoms with Gasteiger partial charge in [0, 0.05) is 96.1 Å². The molecule has 9 aromatic rings. The fourth-order valence-corrected chi connectivity index (χ4v) is 18.9. The van der Waals surface area contributed by atoms with Crippen molar-refractivity contribution in [1.29, 1.82) is 0 Å². The lowest BCUT2D eigenvalue weighted by molar-refractivity contribution is 0.0503. The van der Waals surface area contributed by atoms with Crippen molar-refractivity contribution in [1.82, 2.24) is 0 Å². The highest BCUT2D eigenvalue weighted by atomic mass is 32.1. The first-order valence-corrected chi connectivity index (χ1v) is 31.3. The number of ketones is 2. The minimum absolute atomic E-state index is 0.0340. The average molecular weight is 1080 g/mol. The quantitative estimate of drug-likeness (QED) is 0.0598. The van der Waals surface area contributed by atoms with Crippen LogP contribution in [-0.2, 0) is 4.74 Å². The van der Waals surface area contributed by atoms with Gasteiger partial charge in [-0.15, -0.1) is 90.7 Å². The number of carbonyl (C=O) groups is 3. The molecule has 0 amide bonds. The molecule has 1 aliphatic carbocycles. The number of benzene rings is 1. The maximum atomic E-state index is 14.8. The molecule has 0 N–H and O–H groups in total. The van der Waals surface area contributed by atoms with Gasteiger partial charge in [0.1, 0.15) is 4.88 Å². The SMILES string of the molecule is CCCCCCCCCCCCOC(=O)c1ccc(-c2c3cc(C(C)C)sc3c(-c3ccc(C)s3)c3cc(-c4ccc(-c5sc(-c6ccc(C(C)C)s6)c6c5C(=O)c5c(C)sc(C)c5C6=O)s4)sc23)s1. The van der Waals surface area contributed by atoms with Gasteiger partial charge in [-0.2, -0.15) is 0 Å². The first kappa shape index (κ1) is 49.7. The van der Waals surface area contributed by atoms with Crippen LogP contribution in [0.25, 0.3) is 70.3 Å². The van der Waals surface area contributed by atoms with Crippen molar-refractivity contribution in [2.75, 3.05) is 6.61 Å². The molecule has 0 saturated carbocycles. The Balaban J connectivity index is 1.02. The number of aryl methyl sites for hydroxylation is 3. The lowest BCUT2D eigenvalue weighted by Gasteiger charge is -2.15. The second-order valence-electron chi connectivity index (χ2n) is 19.2. The molecule has 10 rings (SSSR count). The van der Waals surface area contributed by atoms with Crippen molar-refractivity contribution >= 4 is 128 Å². The average Bonchev–Trinajstić information content (AvgIpc) is 4.18. The molecule has 0 radical (unpaired) electrons. The van der Waals surface area contributed by atoms with E-state index in [1.54, 1.807) is 56.7 Å². The molecule has 4 nitrogen and oxygen atoms in total. The van der Waals surface area contributed by atoms with Gasteiger partial charge in [-0.25, -0.2) is 4.79 Å². The number of ether oxygens (including phenoxy) is 1. The number of fused-ring (bicyclic) bond motifs is 4. The summed E-state index contributed by atoms with van der Waals surface area (Å²) in [6.45, 7) is 17.7. The maximum Gasteiger partial charge on any atom is 0.348 e. The molecule has 8 aromatic heterocycles. The Bertz CT molecular complexity index is 3410. The second kappa shape index (κ2) is 20.9. The third-order valence-electron chi connectivity index (χ3n) is 13.4. The van der Waals surface area contributed by atoms with E-state index in [0.29, 0.717) is 45.6 Å². The summed E-state index contributed by atoms with van der Waals surface area (Å²) in [6.07, 6.45) is 12.4. The van der Waals surface area contributed by atoms with Crippen molar-refractivity contribution in [2.45, 2.75) is 131 Å². The van der Waals surface area contributed by atoms with Crippen LogP contribution < -0.4 is 0 Å². The number of thiophene rings is 8. The lowest BCUT2D eigenvalue weighted by atomic mass is 9.84. The van der Waals surface area contributed by atoms with Crippen molar-refractivity contribution in [3.05, 3.63) is 112 Å². The number of hydrogen-bond donors (Lipinski definition) is 0. The molecule has 70 heavy (non-hydrogen) atoms. The monoisotopic (exact) mass is 1070 g/mol. The Hall–Kier alpha value is -3.85. The molecule has 0 saturated heterocycles. The number of esters is 1. The highest BCUT2D eigenvalue weighted by Crippen LogP contribution is 2.56. The van der Waals surface area contributed by atoms with Gasteiger partial charge in [-0.05, 0) is 99.7 Å². The molecule has 12 heteroatoms. The maximum absolute atomic E-state index is 14.8. The largest absolute Gasteiger partial charge is 0.462 e. The molecule has 0 spiro atoms. The van der Waals surface area contributed by atoms with Gasteiger partial charge in [-0.1, -0.05) is 92.4 Å². The molecule has 8 heterocycles. The van der Waals surface area contributed by atoms with Crippen molar-refractivity contribution in [2.24, 2.45) is 0 Å². The van der Waals surface area contributed by atoms with Crippen LogP contribution in [0.15, 0.2) is 60.7 Å². The Morgan fingerprint density at radius 2 is 1.01 bits per heavy atom. The first-order chi connectivity index (χ1) is 33.8. The van der Waals surface area contributed by atoms with Crippen molar-refractivity contribution in [3.63, 3.8) is 0 Å². The molecule has 1 aliphatic rings. The summed E-state index contributed by atoms with van der Waals surface area (Å²) in [6, 6.07) is 22.0. The molecular weight excluding hydrogens is 1020 g/mol. The molecule has 0 bridgehead atoms. The minimum atomic E-state index is -0.240. The van der Waals surface area contributed by atoms with Gasteiger partial charge in [-0.3, -0.25) is 9.59 Å². The van der Waals surface area contributed by atoms with Gasteiger partial charge in [0.2, 0.25) is 0 Å². The van der Waals surface area contributed by atoms with E-state index in [0.717, 1.165) is 56.7 Å². The molecule has 1 aromatic carbocycles. The van der Waals surface area contributed by atoms with E-state index in [4.69, 9.17) is 4.74 Å². The Morgan fingerprint density at radius 1 is 0.471 bits per heavy atom. The summed E-state index contributed by atoms with van der Waals surface area (Å²) in [7, 11) is 0. The van der Waals surface area contributed by atoms with Crippen molar-refractivity contribution in [3.8, 4) is 50.1 Å². The summed E-state index contributed by atoms with van der Waals surface area (Å²) >= 11 is 13.6. The Kier molecular flexibility index (Phi) is 14.9. The summed E-state index contributed by atoms with van der Waals surface area (Å²) in [4.78, 5) is 57.7. The predicted octanol–water partition coefficient (Wildman–Crippen LogP) is 20.8. The van der Waals surface area contributed by atoms with Crippen LogP contribution in [0.5, 0.6) is 0 Å². The number of carbonyl (C=O) groups excluding carboxylic acids is 3. The van der Waals surface area contributed by atoms with E-state index in [2.05, 4.69) is 96.1 Å². The smallest absolute Gasteiger partial charge is 0.348 e. The first-order valence-electron chi connectivity index (χ1n) is 24.8. The van der Waals surface area contributed by atoms with Gasteiger partial charge >= 0.3 is 5.97 Å². The van der Waals surface area contributed by atoms with Gasteiger partial charge in [0.05, 0.1) is 27.5 Å². The van der Waals surface area contributed by atoms with Crippen molar-refractivity contribution < 1.29 is 19.1 Å². The van der Waals surface area contributed by atoms with Crippen LogP contribution in [0.1, 0.15) is 177 Å². The molecule has 0 aliphatic heterocycles.